The first-order chi connectivity index (χ1) is 7.92. The topological polar surface area (TPSA) is 40.7 Å². The predicted molar refractivity (Wildman–Crippen MR) is 67.7 cm³/mol. The fourth-order valence-electron chi connectivity index (χ4n) is 2.21. The van der Waals surface area contributed by atoms with Gasteiger partial charge < -0.3 is 5.32 Å². The number of nitrogens with zero attached hydrogens (tertiary/aromatic N) is 1. The first-order valence-corrected chi connectivity index (χ1v) is 7.42. The van der Waals surface area contributed by atoms with Gasteiger partial charge in [-0.05, 0) is 37.5 Å². The first kappa shape index (κ1) is 10.7. The van der Waals surface area contributed by atoms with Crippen molar-refractivity contribution in [2.45, 2.75) is 44.2 Å². The molecule has 0 amide bonds. The number of aromatic amines is 1. The molecule has 1 aliphatic heterocycles. The maximum Gasteiger partial charge on any atom is 0.0656 e. The van der Waals surface area contributed by atoms with Gasteiger partial charge >= 0.3 is 0 Å². The van der Waals surface area contributed by atoms with Crippen LogP contribution in [0.1, 0.15) is 43.0 Å². The van der Waals surface area contributed by atoms with Gasteiger partial charge in [-0.2, -0.15) is 16.9 Å². The minimum Gasteiger partial charge on any atom is -0.308 e. The number of hydrogen-bond donors (Lipinski definition) is 2. The standard InChI is InChI=1S/C12H19N3S/c1-2-10(8-16-5-1)13-7-11-6-12(15-14-11)9-3-4-9/h6,9-10,13H,1-5,7-8H2,(H,14,15). The van der Waals surface area contributed by atoms with E-state index >= 15 is 0 Å². The van der Waals surface area contributed by atoms with Crippen LogP contribution in [0.15, 0.2) is 6.07 Å². The SMILES string of the molecule is c1c(C2CC2)n[nH]c1CNC1CCCSC1. The molecule has 0 spiro atoms. The molecule has 0 aromatic carbocycles. The molecule has 3 nitrogen and oxygen atoms in total. The Hall–Kier alpha value is -0.480. The van der Waals surface area contributed by atoms with Crippen LogP contribution in [0.3, 0.4) is 0 Å². The van der Waals surface area contributed by atoms with E-state index in [-0.39, 0.29) is 0 Å². The summed E-state index contributed by atoms with van der Waals surface area (Å²) in [7, 11) is 0. The highest BCUT2D eigenvalue weighted by Crippen LogP contribution is 2.38. The van der Waals surface area contributed by atoms with Crippen molar-refractivity contribution in [2.75, 3.05) is 11.5 Å². The number of rotatable bonds is 4. The molecule has 2 heterocycles. The summed E-state index contributed by atoms with van der Waals surface area (Å²) in [6, 6.07) is 2.94. The van der Waals surface area contributed by atoms with Crippen molar-refractivity contribution in [3.8, 4) is 0 Å². The third kappa shape index (κ3) is 2.61. The molecular weight excluding hydrogens is 218 g/mol. The van der Waals surface area contributed by atoms with E-state index < -0.39 is 0 Å². The van der Waals surface area contributed by atoms with Gasteiger partial charge in [-0.1, -0.05) is 0 Å². The van der Waals surface area contributed by atoms with Gasteiger partial charge in [0.15, 0.2) is 0 Å². The number of H-pyrrole nitrogens is 1. The van der Waals surface area contributed by atoms with Crippen molar-refractivity contribution < 1.29 is 0 Å². The van der Waals surface area contributed by atoms with Gasteiger partial charge in [0.25, 0.3) is 0 Å². The van der Waals surface area contributed by atoms with Crippen LogP contribution in [0.2, 0.25) is 0 Å². The minimum absolute atomic E-state index is 0.700. The fourth-order valence-corrected chi connectivity index (χ4v) is 3.32. The monoisotopic (exact) mass is 237 g/mol. The molecule has 1 aromatic heterocycles. The van der Waals surface area contributed by atoms with E-state index in [2.05, 4.69) is 33.3 Å². The number of nitrogens with one attached hydrogen (secondary N) is 2. The Labute approximate surface area is 101 Å². The molecule has 2 fully saturated rings. The third-order valence-corrected chi connectivity index (χ3v) is 4.60. The quantitative estimate of drug-likeness (QED) is 0.844. The highest BCUT2D eigenvalue weighted by Gasteiger charge is 2.26. The third-order valence-electron chi connectivity index (χ3n) is 3.39. The molecule has 88 valence electrons. The summed E-state index contributed by atoms with van der Waals surface area (Å²) in [5.41, 5.74) is 2.52. The molecule has 1 atom stereocenters. The Morgan fingerprint density at radius 1 is 1.44 bits per heavy atom. The molecule has 2 N–H and O–H groups in total. The van der Waals surface area contributed by atoms with Gasteiger partial charge in [-0.25, -0.2) is 0 Å². The lowest BCUT2D eigenvalue weighted by Crippen LogP contribution is -2.33. The Kier molecular flexibility index (Phi) is 3.20. The minimum atomic E-state index is 0.700. The van der Waals surface area contributed by atoms with E-state index in [1.54, 1.807) is 0 Å². The molecular formula is C12H19N3S. The van der Waals surface area contributed by atoms with Crippen molar-refractivity contribution in [1.29, 1.82) is 0 Å². The normalized spacial score (nSPS) is 25.9. The van der Waals surface area contributed by atoms with Gasteiger partial charge in [-0.3, -0.25) is 5.10 Å². The largest absolute Gasteiger partial charge is 0.308 e. The van der Waals surface area contributed by atoms with E-state index in [0.29, 0.717) is 6.04 Å². The molecule has 1 saturated heterocycles. The first-order valence-electron chi connectivity index (χ1n) is 6.27. The average molecular weight is 237 g/mol. The Morgan fingerprint density at radius 3 is 3.12 bits per heavy atom. The van der Waals surface area contributed by atoms with Crippen molar-refractivity contribution in [2.24, 2.45) is 0 Å². The van der Waals surface area contributed by atoms with Crippen molar-refractivity contribution in [3.63, 3.8) is 0 Å². The zero-order valence-electron chi connectivity index (χ0n) is 9.54. The highest BCUT2D eigenvalue weighted by atomic mass is 32.2. The second-order valence-electron chi connectivity index (χ2n) is 4.89. The molecule has 1 saturated carbocycles. The van der Waals surface area contributed by atoms with E-state index in [4.69, 9.17) is 0 Å². The second kappa shape index (κ2) is 4.80. The van der Waals surface area contributed by atoms with Crippen LogP contribution >= 0.6 is 11.8 Å². The van der Waals surface area contributed by atoms with Crippen LogP contribution in [0, 0.1) is 0 Å². The van der Waals surface area contributed by atoms with Crippen LogP contribution in [-0.2, 0) is 6.54 Å². The van der Waals surface area contributed by atoms with Gasteiger partial charge in [0.1, 0.15) is 0 Å². The molecule has 4 heteroatoms. The number of hydrogen-bond acceptors (Lipinski definition) is 3. The lowest BCUT2D eigenvalue weighted by Gasteiger charge is -2.22. The van der Waals surface area contributed by atoms with Crippen LogP contribution < -0.4 is 5.32 Å². The number of thioether (sulfide) groups is 1. The lowest BCUT2D eigenvalue weighted by molar-refractivity contribution is 0.503. The molecule has 1 unspecified atom stereocenters. The van der Waals surface area contributed by atoms with E-state index in [9.17, 15) is 0 Å². The molecule has 3 rings (SSSR count). The predicted octanol–water partition coefficient (Wildman–Crippen LogP) is 2.27. The van der Waals surface area contributed by atoms with Crippen LogP contribution in [0.25, 0.3) is 0 Å². The summed E-state index contributed by atoms with van der Waals surface area (Å²) in [4.78, 5) is 0. The summed E-state index contributed by atoms with van der Waals surface area (Å²) < 4.78 is 0. The Bertz CT molecular complexity index is 340. The summed E-state index contributed by atoms with van der Waals surface area (Å²) in [5, 5.41) is 11.1. The lowest BCUT2D eigenvalue weighted by atomic mass is 10.2. The van der Waals surface area contributed by atoms with Crippen LogP contribution in [-0.4, -0.2) is 27.7 Å². The van der Waals surface area contributed by atoms with E-state index in [1.165, 1.54) is 48.6 Å². The fraction of sp³-hybridized carbons (Fsp3) is 0.750. The van der Waals surface area contributed by atoms with Gasteiger partial charge in [-0.15, -0.1) is 0 Å². The molecule has 1 aliphatic carbocycles. The van der Waals surface area contributed by atoms with Crippen LogP contribution in [0.4, 0.5) is 0 Å². The average Bonchev–Trinajstić information content (AvgIpc) is 3.08. The highest BCUT2D eigenvalue weighted by molar-refractivity contribution is 7.99. The van der Waals surface area contributed by atoms with E-state index in [1.807, 2.05) is 0 Å². The summed E-state index contributed by atoms with van der Waals surface area (Å²) >= 11 is 2.07. The van der Waals surface area contributed by atoms with Crippen molar-refractivity contribution in [1.82, 2.24) is 15.5 Å². The second-order valence-corrected chi connectivity index (χ2v) is 6.04. The zero-order valence-corrected chi connectivity index (χ0v) is 10.4. The maximum absolute atomic E-state index is 4.37. The van der Waals surface area contributed by atoms with Crippen molar-refractivity contribution >= 4 is 11.8 Å². The number of aromatic nitrogens is 2. The molecule has 2 aliphatic rings. The summed E-state index contributed by atoms with van der Waals surface area (Å²) in [6.07, 6.45) is 5.35. The molecule has 0 bridgehead atoms. The summed E-state index contributed by atoms with van der Waals surface area (Å²) in [5.74, 6) is 3.37. The zero-order chi connectivity index (χ0) is 10.8. The van der Waals surface area contributed by atoms with Gasteiger partial charge in [0, 0.05) is 30.0 Å². The molecule has 16 heavy (non-hydrogen) atoms. The van der Waals surface area contributed by atoms with Crippen LogP contribution in [0.5, 0.6) is 0 Å². The molecule has 0 radical (unpaired) electrons. The Balaban J connectivity index is 1.49. The smallest absolute Gasteiger partial charge is 0.0656 e. The molecule has 1 aromatic rings. The van der Waals surface area contributed by atoms with Gasteiger partial charge in [0.05, 0.1) is 5.69 Å². The van der Waals surface area contributed by atoms with E-state index in [0.717, 1.165) is 12.5 Å². The van der Waals surface area contributed by atoms with Crippen molar-refractivity contribution in [3.05, 3.63) is 17.5 Å². The maximum atomic E-state index is 4.37. The Morgan fingerprint density at radius 2 is 2.38 bits per heavy atom. The summed E-state index contributed by atoms with van der Waals surface area (Å²) in [6.45, 7) is 0.949. The van der Waals surface area contributed by atoms with Gasteiger partial charge in [0.2, 0.25) is 0 Å².